The summed E-state index contributed by atoms with van der Waals surface area (Å²) in [5.41, 5.74) is 7.69. The SMILES string of the molecule is Cc1cc(Oc2cccc(Cl)c2C#N)ccc1N. The molecule has 0 aliphatic carbocycles. The van der Waals surface area contributed by atoms with E-state index in [-0.39, 0.29) is 0 Å². The summed E-state index contributed by atoms with van der Waals surface area (Å²) in [6.07, 6.45) is 0. The summed E-state index contributed by atoms with van der Waals surface area (Å²) in [7, 11) is 0. The van der Waals surface area contributed by atoms with Gasteiger partial charge < -0.3 is 10.5 Å². The van der Waals surface area contributed by atoms with Crippen molar-refractivity contribution in [3.8, 4) is 17.6 Å². The number of nitriles is 1. The van der Waals surface area contributed by atoms with Crippen LogP contribution in [-0.4, -0.2) is 0 Å². The molecule has 0 fully saturated rings. The molecule has 0 saturated heterocycles. The number of ether oxygens (including phenoxy) is 1. The first-order valence-electron chi connectivity index (χ1n) is 5.34. The van der Waals surface area contributed by atoms with Crippen molar-refractivity contribution in [2.24, 2.45) is 0 Å². The second-order valence-corrected chi connectivity index (χ2v) is 4.25. The van der Waals surface area contributed by atoms with Gasteiger partial charge in [-0.1, -0.05) is 17.7 Å². The first kappa shape index (κ1) is 12.3. The highest BCUT2D eigenvalue weighted by molar-refractivity contribution is 6.31. The number of hydrogen-bond donors (Lipinski definition) is 1. The topological polar surface area (TPSA) is 59.0 Å². The van der Waals surface area contributed by atoms with E-state index >= 15 is 0 Å². The van der Waals surface area contributed by atoms with Crippen molar-refractivity contribution >= 4 is 17.3 Å². The Balaban J connectivity index is 2.37. The molecule has 18 heavy (non-hydrogen) atoms. The highest BCUT2D eigenvalue weighted by Crippen LogP contribution is 2.30. The summed E-state index contributed by atoms with van der Waals surface area (Å²) >= 11 is 5.93. The molecule has 0 unspecified atom stereocenters. The standard InChI is InChI=1S/C14H11ClN2O/c1-9-7-10(5-6-13(9)17)18-14-4-2-3-12(15)11(14)8-16/h2-7H,17H2,1H3. The summed E-state index contributed by atoms with van der Waals surface area (Å²) in [4.78, 5) is 0. The van der Waals surface area contributed by atoms with Gasteiger partial charge in [-0.05, 0) is 42.8 Å². The number of halogens is 1. The molecule has 3 nitrogen and oxygen atoms in total. The van der Waals surface area contributed by atoms with E-state index in [0.29, 0.717) is 27.8 Å². The van der Waals surface area contributed by atoms with E-state index in [1.54, 1.807) is 30.3 Å². The molecule has 0 bridgehead atoms. The van der Waals surface area contributed by atoms with Gasteiger partial charge in [0.2, 0.25) is 0 Å². The fourth-order valence-corrected chi connectivity index (χ4v) is 1.74. The Kier molecular flexibility index (Phi) is 3.40. The molecule has 0 amide bonds. The largest absolute Gasteiger partial charge is 0.456 e. The average molecular weight is 259 g/mol. The number of nitrogens with zero attached hydrogens (tertiary/aromatic N) is 1. The molecule has 0 heterocycles. The van der Waals surface area contributed by atoms with Crippen molar-refractivity contribution in [1.82, 2.24) is 0 Å². The summed E-state index contributed by atoms with van der Waals surface area (Å²) in [5, 5.41) is 9.42. The molecule has 0 spiro atoms. The third-order valence-corrected chi connectivity index (χ3v) is 2.87. The second kappa shape index (κ2) is 4.99. The Labute approximate surface area is 110 Å². The first-order valence-corrected chi connectivity index (χ1v) is 5.72. The van der Waals surface area contributed by atoms with E-state index in [1.807, 2.05) is 19.1 Å². The molecule has 0 atom stereocenters. The number of nitrogen functional groups attached to an aromatic ring is 1. The minimum atomic E-state index is 0.327. The van der Waals surface area contributed by atoms with Crippen LogP contribution in [0.25, 0.3) is 0 Å². The monoisotopic (exact) mass is 258 g/mol. The molecule has 0 aliphatic heterocycles. The Morgan fingerprint density at radius 2 is 2.06 bits per heavy atom. The predicted molar refractivity (Wildman–Crippen MR) is 71.8 cm³/mol. The van der Waals surface area contributed by atoms with Crippen LogP contribution in [0, 0.1) is 18.3 Å². The Morgan fingerprint density at radius 3 is 2.72 bits per heavy atom. The lowest BCUT2D eigenvalue weighted by Gasteiger charge is -2.09. The highest BCUT2D eigenvalue weighted by atomic mass is 35.5. The van der Waals surface area contributed by atoms with Gasteiger partial charge in [0.15, 0.2) is 0 Å². The number of nitrogens with two attached hydrogens (primary N) is 1. The minimum absolute atomic E-state index is 0.327. The van der Waals surface area contributed by atoms with Gasteiger partial charge in [-0.15, -0.1) is 0 Å². The van der Waals surface area contributed by atoms with Crippen LogP contribution in [0.4, 0.5) is 5.69 Å². The Hall–Kier alpha value is -2.18. The second-order valence-electron chi connectivity index (χ2n) is 3.85. The molecule has 0 aromatic heterocycles. The maximum Gasteiger partial charge on any atom is 0.146 e. The Bertz CT molecular complexity index is 632. The summed E-state index contributed by atoms with van der Waals surface area (Å²) in [6, 6.07) is 12.5. The van der Waals surface area contributed by atoms with Crippen molar-refractivity contribution < 1.29 is 4.74 Å². The fraction of sp³-hybridized carbons (Fsp3) is 0.0714. The van der Waals surface area contributed by atoms with Crippen LogP contribution in [0.15, 0.2) is 36.4 Å². The summed E-state index contributed by atoms with van der Waals surface area (Å²) in [5.74, 6) is 1.06. The zero-order valence-electron chi connectivity index (χ0n) is 9.77. The number of rotatable bonds is 2. The van der Waals surface area contributed by atoms with Crippen LogP contribution < -0.4 is 10.5 Å². The average Bonchev–Trinajstić information content (AvgIpc) is 2.34. The molecule has 0 saturated carbocycles. The number of hydrogen-bond acceptors (Lipinski definition) is 3. The zero-order chi connectivity index (χ0) is 13.1. The summed E-state index contributed by atoms with van der Waals surface area (Å²) < 4.78 is 5.65. The Morgan fingerprint density at radius 1 is 1.28 bits per heavy atom. The van der Waals surface area contributed by atoms with Gasteiger partial charge in [0.05, 0.1) is 5.02 Å². The number of anilines is 1. The molecule has 2 N–H and O–H groups in total. The maximum absolute atomic E-state index is 9.04. The van der Waals surface area contributed by atoms with Gasteiger partial charge in [0.25, 0.3) is 0 Å². The van der Waals surface area contributed by atoms with E-state index in [1.165, 1.54) is 0 Å². The predicted octanol–water partition coefficient (Wildman–Crippen LogP) is 3.89. The normalized spacial score (nSPS) is 9.83. The number of aryl methyl sites for hydroxylation is 1. The van der Waals surface area contributed by atoms with Crippen molar-refractivity contribution in [1.29, 1.82) is 5.26 Å². The molecular formula is C14H11ClN2O. The van der Waals surface area contributed by atoms with Crippen LogP contribution >= 0.6 is 11.6 Å². The lowest BCUT2D eigenvalue weighted by molar-refractivity contribution is 0.481. The quantitative estimate of drug-likeness (QED) is 0.831. The molecule has 2 aromatic rings. The zero-order valence-corrected chi connectivity index (χ0v) is 10.5. The molecule has 2 rings (SSSR count). The molecule has 4 heteroatoms. The van der Waals surface area contributed by atoms with Gasteiger partial charge in [-0.3, -0.25) is 0 Å². The van der Waals surface area contributed by atoms with E-state index in [2.05, 4.69) is 0 Å². The first-order chi connectivity index (χ1) is 8.61. The molecule has 0 aliphatic rings. The highest BCUT2D eigenvalue weighted by Gasteiger charge is 2.08. The van der Waals surface area contributed by atoms with E-state index in [0.717, 1.165) is 5.56 Å². The van der Waals surface area contributed by atoms with Crippen molar-refractivity contribution in [3.63, 3.8) is 0 Å². The molecule has 90 valence electrons. The van der Waals surface area contributed by atoms with Gasteiger partial charge in [0.1, 0.15) is 23.1 Å². The lowest BCUT2D eigenvalue weighted by atomic mass is 10.2. The van der Waals surface area contributed by atoms with Gasteiger partial charge in [-0.2, -0.15) is 5.26 Å². The lowest BCUT2D eigenvalue weighted by Crippen LogP contribution is -1.92. The van der Waals surface area contributed by atoms with Gasteiger partial charge in [0, 0.05) is 5.69 Å². The van der Waals surface area contributed by atoms with Crippen molar-refractivity contribution in [3.05, 3.63) is 52.5 Å². The van der Waals surface area contributed by atoms with Crippen molar-refractivity contribution in [2.45, 2.75) is 6.92 Å². The van der Waals surface area contributed by atoms with Crippen LogP contribution in [0.5, 0.6) is 11.5 Å². The van der Waals surface area contributed by atoms with Gasteiger partial charge in [-0.25, -0.2) is 0 Å². The fourth-order valence-electron chi connectivity index (χ4n) is 1.54. The smallest absolute Gasteiger partial charge is 0.146 e. The van der Waals surface area contributed by atoms with Gasteiger partial charge >= 0.3 is 0 Å². The molecule has 2 aromatic carbocycles. The van der Waals surface area contributed by atoms with E-state index in [9.17, 15) is 0 Å². The molecule has 0 radical (unpaired) electrons. The van der Waals surface area contributed by atoms with Crippen LogP contribution in [0.1, 0.15) is 11.1 Å². The number of benzene rings is 2. The van der Waals surface area contributed by atoms with Crippen LogP contribution in [-0.2, 0) is 0 Å². The third-order valence-electron chi connectivity index (χ3n) is 2.56. The third kappa shape index (κ3) is 2.39. The van der Waals surface area contributed by atoms with Crippen LogP contribution in [0.3, 0.4) is 0 Å². The van der Waals surface area contributed by atoms with E-state index in [4.69, 9.17) is 27.3 Å². The summed E-state index contributed by atoms with van der Waals surface area (Å²) in [6.45, 7) is 1.89. The minimum Gasteiger partial charge on any atom is -0.456 e. The molecular weight excluding hydrogens is 248 g/mol. The van der Waals surface area contributed by atoms with Crippen molar-refractivity contribution in [2.75, 3.05) is 5.73 Å². The van der Waals surface area contributed by atoms with Crippen LogP contribution in [0.2, 0.25) is 5.02 Å². The van der Waals surface area contributed by atoms with E-state index < -0.39 is 0 Å². The maximum atomic E-state index is 9.04.